The fourth-order valence-electron chi connectivity index (χ4n) is 4.37. The molecule has 2 saturated heterocycles. The van der Waals surface area contributed by atoms with Crippen LogP contribution in [0.2, 0.25) is 0 Å². The van der Waals surface area contributed by atoms with Crippen LogP contribution in [0.4, 0.5) is 0 Å². The monoisotopic (exact) mass is 464 g/mol. The first kappa shape index (κ1) is 27.1. The second kappa shape index (κ2) is 14.2. The van der Waals surface area contributed by atoms with Crippen molar-refractivity contribution in [1.29, 1.82) is 0 Å². The van der Waals surface area contributed by atoms with Crippen molar-refractivity contribution in [2.75, 3.05) is 60.7 Å². The summed E-state index contributed by atoms with van der Waals surface area (Å²) in [6.45, 7) is 7.57. The molecule has 8 heteroatoms. The Kier molecular flexibility index (Phi) is 12.8. The summed E-state index contributed by atoms with van der Waals surface area (Å²) < 4.78 is 22.1. The average molecular weight is 465 g/mol. The first-order chi connectivity index (χ1) is 13.7. The summed E-state index contributed by atoms with van der Waals surface area (Å²) in [4.78, 5) is 5.34. The lowest BCUT2D eigenvalue weighted by Crippen LogP contribution is -2.54. The Morgan fingerprint density at radius 3 is 2.30 bits per heavy atom. The first-order valence-electron chi connectivity index (χ1n) is 10.6. The summed E-state index contributed by atoms with van der Waals surface area (Å²) in [6, 6.07) is 4.70. The zero-order chi connectivity index (χ0) is 19.8. The van der Waals surface area contributed by atoms with Gasteiger partial charge in [-0.05, 0) is 56.5 Å². The molecule has 2 fully saturated rings. The van der Waals surface area contributed by atoms with Crippen molar-refractivity contribution in [2.45, 2.75) is 44.8 Å². The molecule has 0 spiro atoms. The quantitative estimate of drug-likeness (QED) is 0.487. The summed E-state index contributed by atoms with van der Waals surface area (Å²) in [5.74, 6) is 1.96. The maximum atomic E-state index is 5.89. The van der Waals surface area contributed by atoms with Crippen LogP contribution in [0.1, 0.15) is 37.7 Å². The van der Waals surface area contributed by atoms with Gasteiger partial charge in [-0.25, -0.2) is 0 Å². The van der Waals surface area contributed by atoms with Crippen LogP contribution in [0.5, 0.6) is 17.2 Å². The van der Waals surface area contributed by atoms with Gasteiger partial charge in [0.1, 0.15) is 0 Å². The van der Waals surface area contributed by atoms with Crippen molar-refractivity contribution in [1.82, 2.24) is 9.80 Å². The lowest BCUT2D eigenvalue weighted by molar-refractivity contribution is 0.0464. The van der Waals surface area contributed by atoms with Crippen molar-refractivity contribution in [3.63, 3.8) is 0 Å². The fourth-order valence-corrected chi connectivity index (χ4v) is 4.37. The predicted octanol–water partition coefficient (Wildman–Crippen LogP) is 4.02. The van der Waals surface area contributed by atoms with Crippen LogP contribution >= 0.6 is 24.8 Å². The van der Waals surface area contributed by atoms with E-state index in [0.717, 1.165) is 24.6 Å². The lowest BCUT2D eigenvalue weighted by Gasteiger charge is -2.44. The van der Waals surface area contributed by atoms with Gasteiger partial charge in [0.2, 0.25) is 5.75 Å². The van der Waals surface area contributed by atoms with Crippen LogP contribution in [0.15, 0.2) is 12.1 Å². The first-order valence-corrected chi connectivity index (χ1v) is 10.6. The molecule has 0 N–H and O–H groups in total. The van der Waals surface area contributed by atoms with E-state index in [2.05, 4.69) is 9.80 Å². The molecule has 0 bridgehead atoms. The Bertz CT molecular complexity index is 596. The number of ether oxygens (including phenoxy) is 4. The largest absolute Gasteiger partial charge is 0.493 e. The number of benzene rings is 1. The van der Waals surface area contributed by atoms with Crippen LogP contribution in [0.3, 0.4) is 0 Å². The zero-order valence-electron chi connectivity index (χ0n) is 18.6. The second-order valence-corrected chi connectivity index (χ2v) is 7.78. The molecule has 1 unspecified atom stereocenters. The van der Waals surface area contributed by atoms with E-state index in [0.29, 0.717) is 23.9 Å². The Balaban J connectivity index is 0.00000225. The normalized spacial score (nSPS) is 19.2. The molecule has 6 nitrogen and oxygen atoms in total. The van der Waals surface area contributed by atoms with Crippen molar-refractivity contribution < 1.29 is 18.9 Å². The van der Waals surface area contributed by atoms with Gasteiger partial charge in [-0.3, -0.25) is 4.90 Å². The van der Waals surface area contributed by atoms with E-state index in [-0.39, 0.29) is 24.8 Å². The van der Waals surface area contributed by atoms with Crippen LogP contribution in [-0.2, 0) is 11.3 Å². The van der Waals surface area contributed by atoms with Crippen LogP contribution in [0.25, 0.3) is 0 Å². The van der Waals surface area contributed by atoms with Gasteiger partial charge in [-0.15, -0.1) is 24.8 Å². The molecule has 0 radical (unpaired) electrons. The average Bonchev–Trinajstić information content (AvgIpc) is 2.75. The van der Waals surface area contributed by atoms with E-state index in [1.54, 1.807) is 21.3 Å². The highest BCUT2D eigenvalue weighted by Crippen LogP contribution is 2.38. The summed E-state index contributed by atoms with van der Waals surface area (Å²) in [5.41, 5.74) is 1.03. The Morgan fingerprint density at radius 2 is 1.63 bits per heavy atom. The zero-order valence-corrected chi connectivity index (χ0v) is 20.2. The number of hydrogen-bond acceptors (Lipinski definition) is 6. The molecule has 2 heterocycles. The summed E-state index contributed by atoms with van der Waals surface area (Å²) in [6.07, 6.45) is 6.47. The third-order valence-corrected chi connectivity index (χ3v) is 5.93. The molecule has 3 rings (SSSR count). The number of fused-ring (bicyclic) bond motifs is 1. The molecule has 30 heavy (non-hydrogen) atoms. The highest BCUT2D eigenvalue weighted by atomic mass is 35.5. The Hall–Kier alpha value is -0.920. The Labute approximate surface area is 194 Å². The van der Waals surface area contributed by atoms with Gasteiger partial charge in [-0.2, -0.15) is 0 Å². The van der Waals surface area contributed by atoms with E-state index in [4.69, 9.17) is 18.9 Å². The minimum atomic E-state index is 0. The van der Waals surface area contributed by atoms with E-state index in [1.165, 1.54) is 58.4 Å². The Morgan fingerprint density at radius 1 is 0.900 bits per heavy atom. The van der Waals surface area contributed by atoms with Crippen molar-refractivity contribution >= 4 is 24.8 Å². The molecule has 0 aromatic heterocycles. The second-order valence-electron chi connectivity index (χ2n) is 7.78. The molecule has 0 aliphatic carbocycles. The van der Waals surface area contributed by atoms with E-state index in [1.807, 2.05) is 12.1 Å². The molecule has 1 aromatic rings. The number of piperazine rings is 1. The van der Waals surface area contributed by atoms with Crippen LogP contribution in [0, 0.1) is 0 Å². The van der Waals surface area contributed by atoms with Crippen molar-refractivity contribution in [3.8, 4) is 17.2 Å². The molecule has 1 atom stereocenters. The number of unbranched alkanes of at least 4 members (excludes halogenated alkanes) is 1. The van der Waals surface area contributed by atoms with Gasteiger partial charge >= 0.3 is 0 Å². The van der Waals surface area contributed by atoms with Gasteiger partial charge < -0.3 is 23.8 Å². The van der Waals surface area contributed by atoms with Gasteiger partial charge in [0.25, 0.3) is 0 Å². The molecule has 2 aliphatic rings. The number of nitrogens with zero attached hydrogens (tertiary/aromatic N) is 2. The summed E-state index contributed by atoms with van der Waals surface area (Å²) >= 11 is 0. The number of rotatable bonds is 10. The van der Waals surface area contributed by atoms with Crippen LogP contribution < -0.4 is 14.2 Å². The van der Waals surface area contributed by atoms with E-state index < -0.39 is 0 Å². The van der Waals surface area contributed by atoms with Gasteiger partial charge in [-0.1, -0.05) is 6.42 Å². The highest BCUT2D eigenvalue weighted by molar-refractivity contribution is 5.85. The van der Waals surface area contributed by atoms with E-state index >= 15 is 0 Å². The molecule has 1 aromatic carbocycles. The third-order valence-electron chi connectivity index (χ3n) is 5.93. The number of piperidine rings is 1. The molecule has 2 aliphatic heterocycles. The molecule has 0 amide bonds. The maximum absolute atomic E-state index is 5.89. The molecular formula is C22H38Cl2N2O4. The minimum absolute atomic E-state index is 0. The summed E-state index contributed by atoms with van der Waals surface area (Å²) in [5, 5.41) is 0. The van der Waals surface area contributed by atoms with Crippen LogP contribution in [-0.4, -0.2) is 76.5 Å². The lowest BCUT2D eigenvalue weighted by atomic mass is 9.99. The number of halogens is 2. The van der Waals surface area contributed by atoms with E-state index in [9.17, 15) is 0 Å². The summed E-state index contributed by atoms with van der Waals surface area (Å²) in [7, 11) is 4.88. The predicted molar refractivity (Wildman–Crippen MR) is 125 cm³/mol. The topological polar surface area (TPSA) is 43.4 Å². The molecule has 0 saturated carbocycles. The highest BCUT2D eigenvalue weighted by Gasteiger charge is 2.28. The van der Waals surface area contributed by atoms with Gasteiger partial charge in [0.05, 0.1) is 27.9 Å². The standard InChI is InChI=1S/C22H36N2O4.2ClH/c1-25-20-14-18(15-21(26-2)22(20)27-3)17-28-13-7-6-9-23-11-12-24-10-5-4-8-19(24)16-23;;/h14-15,19H,4-13,16-17H2,1-3H3;2*1H. The number of methoxy groups -OCH3 is 3. The van der Waals surface area contributed by atoms with Gasteiger partial charge in [0, 0.05) is 32.3 Å². The third kappa shape index (κ3) is 7.34. The van der Waals surface area contributed by atoms with Crippen molar-refractivity contribution in [2.24, 2.45) is 0 Å². The minimum Gasteiger partial charge on any atom is -0.493 e. The SMILES string of the molecule is COc1cc(COCCCCN2CCN3CCCCC3C2)cc(OC)c1OC.Cl.Cl. The number of hydrogen-bond donors (Lipinski definition) is 0. The maximum Gasteiger partial charge on any atom is 0.203 e. The molecule has 174 valence electrons. The molecular weight excluding hydrogens is 427 g/mol. The van der Waals surface area contributed by atoms with Crippen molar-refractivity contribution in [3.05, 3.63) is 17.7 Å². The van der Waals surface area contributed by atoms with Gasteiger partial charge in [0.15, 0.2) is 11.5 Å². The smallest absolute Gasteiger partial charge is 0.203 e. The fraction of sp³-hybridized carbons (Fsp3) is 0.727.